The summed E-state index contributed by atoms with van der Waals surface area (Å²) in [6.45, 7) is 4.93. The van der Waals surface area contributed by atoms with Crippen molar-refractivity contribution in [2.24, 2.45) is 0 Å². The molecular weight excluding hydrogens is 755 g/mol. The molecule has 0 spiro atoms. The van der Waals surface area contributed by atoms with Gasteiger partial charge in [-0.3, -0.25) is 9.59 Å². The van der Waals surface area contributed by atoms with Crippen LogP contribution in [-0.4, -0.2) is 47.4 Å². The maximum Gasteiger partial charge on any atom is 0.305 e. The lowest BCUT2D eigenvalue weighted by molar-refractivity contribution is -0.143. The van der Waals surface area contributed by atoms with E-state index in [1.807, 2.05) is 0 Å². The first kappa shape index (κ1) is 59.6. The molecule has 0 aliphatic carbocycles. The number of aliphatic hydroxyl groups excluding tert-OH is 2. The molecule has 1 amide bonds. The van der Waals surface area contributed by atoms with E-state index in [1.54, 1.807) is 0 Å². The van der Waals surface area contributed by atoms with Crippen LogP contribution in [0.1, 0.15) is 303 Å². The number of amides is 1. The second-order valence-corrected chi connectivity index (χ2v) is 18.9. The maximum absolute atomic E-state index is 12.4. The van der Waals surface area contributed by atoms with Crippen LogP contribution in [0.3, 0.4) is 0 Å². The monoisotopic (exact) mass is 862 g/mol. The highest BCUT2D eigenvalue weighted by Gasteiger charge is 2.20. The zero-order valence-electron chi connectivity index (χ0n) is 41.2. The fourth-order valence-electron chi connectivity index (χ4n) is 8.58. The van der Waals surface area contributed by atoms with Crippen molar-refractivity contribution < 1.29 is 24.5 Å². The Morgan fingerprint density at radius 3 is 1.16 bits per heavy atom. The summed E-state index contributed by atoms with van der Waals surface area (Å²) < 4.78 is 5.48. The van der Waals surface area contributed by atoms with Crippen molar-refractivity contribution >= 4 is 11.9 Å². The minimum atomic E-state index is -0.668. The molecule has 0 heterocycles. The number of esters is 1. The Labute approximate surface area is 380 Å². The van der Waals surface area contributed by atoms with Gasteiger partial charge in [-0.25, -0.2) is 0 Å². The third-order valence-corrected chi connectivity index (χ3v) is 12.8. The molecule has 0 aromatic rings. The van der Waals surface area contributed by atoms with Crippen LogP contribution in [0, 0.1) is 0 Å². The van der Waals surface area contributed by atoms with Gasteiger partial charge in [-0.1, -0.05) is 251 Å². The van der Waals surface area contributed by atoms with Gasteiger partial charge in [0.1, 0.15) is 0 Å². The predicted octanol–water partition coefficient (Wildman–Crippen LogP) is 16.5. The second-order valence-electron chi connectivity index (χ2n) is 18.9. The van der Waals surface area contributed by atoms with Crippen molar-refractivity contribution in [3.63, 3.8) is 0 Å². The third kappa shape index (κ3) is 47.9. The average molecular weight is 862 g/mol. The van der Waals surface area contributed by atoms with E-state index in [-0.39, 0.29) is 18.5 Å². The van der Waals surface area contributed by atoms with E-state index in [2.05, 4.69) is 31.3 Å². The van der Waals surface area contributed by atoms with Gasteiger partial charge in [0.25, 0.3) is 0 Å². The van der Waals surface area contributed by atoms with Crippen LogP contribution in [0.15, 0.2) is 12.2 Å². The van der Waals surface area contributed by atoms with E-state index >= 15 is 0 Å². The first-order valence-electron chi connectivity index (χ1n) is 27.4. The lowest BCUT2D eigenvalue weighted by atomic mass is 10.0. The number of aliphatic hydroxyl groups is 2. The topological polar surface area (TPSA) is 95.9 Å². The lowest BCUT2D eigenvalue weighted by Gasteiger charge is -2.22. The molecule has 61 heavy (non-hydrogen) atoms. The normalized spacial score (nSPS) is 12.7. The fraction of sp³-hybridized carbons (Fsp3) is 0.927. The summed E-state index contributed by atoms with van der Waals surface area (Å²) in [6.07, 6.45) is 59.0. The molecule has 0 radical (unpaired) electrons. The Hall–Kier alpha value is -1.40. The average Bonchev–Trinajstić information content (AvgIpc) is 3.26. The summed E-state index contributed by atoms with van der Waals surface area (Å²) >= 11 is 0. The van der Waals surface area contributed by atoms with Crippen LogP contribution in [0.2, 0.25) is 0 Å². The van der Waals surface area contributed by atoms with Gasteiger partial charge in [-0.15, -0.1) is 0 Å². The Bertz CT molecular complexity index is 909. The quantitative estimate of drug-likeness (QED) is 0.0322. The van der Waals surface area contributed by atoms with Crippen LogP contribution in [-0.2, 0) is 14.3 Å². The highest BCUT2D eigenvalue weighted by Crippen LogP contribution is 2.17. The standard InChI is InChI=1S/C55H107NO5/c1-3-5-7-9-11-13-15-16-17-18-19-22-25-29-33-37-41-45-49-55(60)61-50-46-42-38-34-30-26-23-20-21-24-28-32-36-40-44-48-54(59)56-52(51-57)53(58)47-43-39-35-31-27-14-12-10-8-6-4-2/h17-18,52-53,57-58H,3-16,19-51H2,1-2H3,(H,56,59)/b18-17-. The molecule has 0 aliphatic rings. The predicted molar refractivity (Wildman–Crippen MR) is 264 cm³/mol. The molecule has 3 N–H and O–H groups in total. The molecule has 0 saturated heterocycles. The summed E-state index contributed by atoms with van der Waals surface area (Å²) in [4.78, 5) is 24.5. The summed E-state index contributed by atoms with van der Waals surface area (Å²) in [7, 11) is 0. The minimum absolute atomic E-state index is 0.00198. The molecule has 0 rings (SSSR count). The van der Waals surface area contributed by atoms with E-state index in [0.717, 1.165) is 44.9 Å². The molecule has 0 fully saturated rings. The largest absolute Gasteiger partial charge is 0.466 e. The van der Waals surface area contributed by atoms with Gasteiger partial charge in [-0.05, 0) is 51.4 Å². The zero-order valence-corrected chi connectivity index (χ0v) is 41.2. The van der Waals surface area contributed by atoms with Crippen molar-refractivity contribution in [2.75, 3.05) is 13.2 Å². The van der Waals surface area contributed by atoms with Crippen LogP contribution < -0.4 is 5.32 Å². The number of hydrogen-bond donors (Lipinski definition) is 3. The second kappa shape index (κ2) is 51.2. The number of carbonyl (C=O) groups is 2. The molecule has 0 aromatic carbocycles. The van der Waals surface area contributed by atoms with Crippen LogP contribution in [0.25, 0.3) is 0 Å². The Morgan fingerprint density at radius 2 is 0.770 bits per heavy atom. The molecule has 6 heteroatoms. The molecular formula is C55H107NO5. The fourth-order valence-corrected chi connectivity index (χ4v) is 8.58. The molecule has 0 bridgehead atoms. The minimum Gasteiger partial charge on any atom is -0.466 e. The molecule has 0 saturated carbocycles. The van der Waals surface area contributed by atoms with Gasteiger partial charge in [0.15, 0.2) is 0 Å². The van der Waals surface area contributed by atoms with Gasteiger partial charge in [-0.2, -0.15) is 0 Å². The Morgan fingerprint density at radius 1 is 0.443 bits per heavy atom. The number of carbonyl (C=O) groups excluding carboxylic acids is 2. The lowest BCUT2D eigenvalue weighted by Crippen LogP contribution is -2.45. The highest BCUT2D eigenvalue weighted by atomic mass is 16.5. The van der Waals surface area contributed by atoms with Crippen molar-refractivity contribution in [1.82, 2.24) is 5.32 Å². The van der Waals surface area contributed by atoms with Gasteiger partial charge in [0.05, 0.1) is 25.4 Å². The first-order chi connectivity index (χ1) is 30.0. The van der Waals surface area contributed by atoms with Crippen molar-refractivity contribution in [2.45, 2.75) is 315 Å². The summed E-state index contributed by atoms with van der Waals surface area (Å²) in [5.41, 5.74) is 0. The van der Waals surface area contributed by atoms with Crippen molar-refractivity contribution in [1.29, 1.82) is 0 Å². The highest BCUT2D eigenvalue weighted by molar-refractivity contribution is 5.76. The smallest absolute Gasteiger partial charge is 0.305 e. The number of ether oxygens (including phenoxy) is 1. The molecule has 2 unspecified atom stereocenters. The van der Waals surface area contributed by atoms with Gasteiger partial charge < -0.3 is 20.3 Å². The Balaban J connectivity index is 3.40. The number of hydrogen-bond acceptors (Lipinski definition) is 5. The summed E-state index contributed by atoms with van der Waals surface area (Å²) in [5, 5.41) is 23.1. The number of rotatable bonds is 51. The van der Waals surface area contributed by atoms with E-state index in [4.69, 9.17) is 4.74 Å². The summed E-state index contributed by atoms with van der Waals surface area (Å²) in [6, 6.07) is -0.546. The molecule has 362 valence electrons. The van der Waals surface area contributed by atoms with Crippen LogP contribution in [0.4, 0.5) is 0 Å². The number of unbranched alkanes of at least 4 members (excludes halogenated alkanes) is 38. The van der Waals surface area contributed by atoms with E-state index in [1.165, 1.54) is 225 Å². The maximum atomic E-state index is 12.4. The van der Waals surface area contributed by atoms with Crippen LogP contribution >= 0.6 is 0 Å². The van der Waals surface area contributed by atoms with Crippen molar-refractivity contribution in [3.8, 4) is 0 Å². The summed E-state index contributed by atoms with van der Waals surface area (Å²) in [5.74, 6) is -0.0458. The van der Waals surface area contributed by atoms with E-state index in [0.29, 0.717) is 25.9 Å². The van der Waals surface area contributed by atoms with Gasteiger partial charge >= 0.3 is 5.97 Å². The van der Waals surface area contributed by atoms with Crippen LogP contribution in [0.5, 0.6) is 0 Å². The molecule has 0 aromatic heterocycles. The zero-order chi connectivity index (χ0) is 44.4. The van der Waals surface area contributed by atoms with Gasteiger partial charge in [0, 0.05) is 12.8 Å². The Kier molecular flexibility index (Phi) is 50.1. The molecule has 2 atom stereocenters. The molecule has 6 nitrogen and oxygen atoms in total. The number of allylic oxidation sites excluding steroid dienone is 2. The first-order valence-corrected chi connectivity index (χ1v) is 27.4. The van der Waals surface area contributed by atoms with Gasteiger partial charge in [0.2, 0.25) is 5.91 Å². The molecule has 0 aliphatic heterocycles. The van der Waals surface area contributed by atoms with E-state index in [9.17, 15) is 19.8 Å². The number of nitrogens with one attached hydrogen (secondary N) is 1. The van der Waals surface area contributed by atoms with Crippen molar-refractivity contribution in [3.05, 3.63) is 12.2 Å². The van der Waals surface area contributed by atoms with E-state index < -0.39 is 12.1 Å². The third-order valence-electron chi connectivity index (χ3n) is 12.8. The SMILES string of the molecule is CCCCCCCCC/C=C\CCCCCCCCCC(=O)OCCCCCCCCCCCCCCCCCC(=O)NC(CO)C(O)CCCCCCCCCCCCC.